The summed E-state index contributed by atoms with van der Waals surface area (Å²) in [6, 6.07) is 0. The maximum Gasteiger partial charge on any atom is 0.145 e. The van der Waals surface area contributed by atoms with Crippen LogP contribution in [0, 0.1) is 0 Å². The number of aldehydes is 1. The Kier molecular flexibility index (Phi) is 6.26. The van der Waals surface area contributed by atoms with Gasteiger partial charge in [0.15, 0.2) is 0 Å². The molecule has 0 rings (SSSR count). The Bertz CT molecular complexity index is 132. The summed E-state index contributed by atoms with van der Waals surface area (Å²) in [4.78, 5) is 10.1. The Morgan fingerprint density at radius 2 is 2.40 bits per heavy atom. The van der Waals surface area contributed by atoms with Crippen LogP contribution < -0.4 is 0 Å². The van der Waals surface area contributed by atoms with Gasteiger partial charge in [0.25, 0.3) is 0 Å². The van der Waals surface area contributed by atoms with Crippen molar-refractivity contribution >= 4 is 6.26 Å². The fourth-order valence-electron chi connectivity index (χ4n) is 0.550. The smallest absolute Gasteiger partial charge is 0.145 e. The Morgan fingerprint density at radius 1 is 1.60 bits per heavy atom. The molecule has 0 aromatic heterocycles. The summed E-state index contributed by atoms with van der Waals surface area (Å²) in [5.74, 6) is 0. The van der Waals surface area contributed by atoms with E-state index in [4.69, 9.17) is 6.11 Å². The minimum absolute atomic E-state index is 0.0834. The molecule has 0 radical (unpaired) electrons. The topological polar surface area (TPSA) is 26.3 Å². The van der Waals surface area contributed by atoms with E-state index in [0.29, 0.717) is 6.61 Å². The Balaban J connectivity index is 3.02. The first-order valence-electron chi connectivity index (χ1n) is 3.99. The van der Waals surface area contributed by atoms with E-state index in [1.165, 1.54) is 0 Å². The monoisotopic (exact) mass is 143 g/mol. The van der Waals surface area contributed by atoms with Crippen molar-refractivity contribution in [2.75, 3.05) is 13.2 Å². The number of hydrogen-bond acceptors (Lipinski definition) is 2. The molecule has 0 unspecified atom stereocenters. The molecule has 0 aromatic carbocycles. The van der Waals surface area contributed by atoms with Crippen LogP contribution in [0.2, 0.25) is 0 Å². The van der Waals surface area contributed by atoms with Crippen molar-refractivity contribution in [2.45, 2.75) is 19.8 Å². The van der Waals surface area contributed by atoms with Gasteiger partial charge in [0.05, 0.1) is 6.61 Å². The summed E-state index contributed by atoms with van der Waals surface area (Å²) >= 11 is 0. The second-order valence-corrected chi connectivity index (χ2v) is 1.87. The molecule has 0 spiro atoms. The highest BCUT2D eigenvalue weighted by Gasteiger charge is 1.81. The van der Waals surface area contributed by atoms with E-state index in [1.54, 1.807) is 0 Å². The molecule has 2 nitrogen and oxygen atoms in total. The molecule has 0 atom stereocenters. The number of allylic oxidation sites excluding steroid dienone is 1. The molecule has 10 heavy (non-hydrogen) atoms. The lowest BCUT2D eigenvalue weighted by atomic mass is 10.3. The fraction of sp³-hybridized carbons (Fsp3) is 0.625. The molecule has 0 aliphatic rings. The van der Waals surface area contributed by atoms with Gasteiger partial charge >= 0.3 is 0 Å². The van der Waals surface area contributed by atoms with Crippen LogP contribution in [0.1, 0.15) is 21.1 Å². The van der Waals surface area contributed by atoms with Gasteiger partial charge in [0.2, 0.25) is 0 Å². The van der Waals surface area contributed by atoms with Gasteiger partial charge in [-0.1, -0.05) is 19.1 Å². The number of carbonyl (C=O) groups is 1. The molecule has 58 valence electrons. The lowest BCUT2D eigenvalue weighted by molar-refractivity contribution is -0.111. The van der Waals surface area contributed by atoms with Gasteiger partial charge in [-0.15, -0.1) is 0 Å². The second-order valence-electron chi connectivity index (χ2n) is 1.87. The largest absolute Gasteiger partial charge is 0.374 e. The van der Waals surface area contributed by atoms with Gasteiger partial charge < -0.3 is 9.53 Å². The molecule has 2 heteroatoms. The Hall–Kier alpha value is -0.630. The zero-order valence-electron chi connectivity index (χ0n) is 7.30. The summed E-state index contributed by atoms with van der Waals surface area (Å²) < 4.78 is 11.4. The van der Waals surface area contributed by atoms with Crippen molar-refractivity contribution in [3.63, 3.8) is 0 Å². The molecule has 0 aromatic rings. The van der Waals surface area contributed by atoms with Gasteiger partial charge in [0.1, 0.15) is 14.2 Å². The van der Waals surface area contributed by atoms with E-state index in [-0.39, 0.29) is 6.61 Å². The first-order chi connectivity index (χ1) is 5.27. The summed E-state index contributed by atoms with van der Waals surface area (Å²) in [6.07, 6.45) is 5.24. The van der Waals surface area contributed by atoms with Crippen molar-refractivity contribution in [1.29, 1.82) is 0 Å². The normalized spacial score (nSPS) is 11.9. The van der Waals surface area contributed by atoms with Gasteiger partial charge in [-0.3, -0.25) is 0 Å². The molecule has 0 bridgehead atoms. The lowest BCUT2D eigenvalue weighted by Crippen LogP contribution is -1.95. The van der Waals surface area contributed by atoms with Crippen LogP contribution in [-0.2, 0) is 9.53 Å². The summed E-state index contributed by atoms with van der Waals surface area (Å²) in [5, 5.41) is 0. The standard InChI is InChI=1S/C8H14O2/c1-2-3-4-5-7-10-8-6-9/h3-4,6H,2,5,7-8H2,1H3/i6D. The first kappa shape index (κ1) is 7.48. The third-order valence-corrected chi connectivity index (χ3v) is 0.992. The number of carbonyl (C=O) groups excluding carboxylic acids is 1. The van der Waals surface area contributed by atoms with E-state index < -0.39 is 6.26 Å². The third kappa shape index (κ3) is 7.37. The van der Waals surface area contributed by atoms with E-state index in [2.05, 4.69) is 6.92 Å². The summed E-state index contributed by atoms with van der Waals surface area (Å²) in [7, 11) is 0. The molecule has 0 heterocycles. The van der Waals surface area contributed by atoms with Crippen LogP contribution in [0.25, 0.3) is 0 Å². The maximum absolute atomic E-state index is 10.1. The van der Waals surface area contributed by atoms with Crippen LogP contribution >= 0.6 is 0 Å². The van der Waals surface area contributed by atoms with Crippen molar-refractivity contribution in [3.05, 3.63) is 12.2 Å². The van der Waals surface area contributed by atoms with Crippen molar-refractivity contribution in [1.82, 2.24) is 0 Å². The molecule has 0 amide bonds. The third-order valence-electron chi connectivity index (χ3n) is 0.992. The first-order valence-corrected chi connectivity index (χ1v) is 3.49. The number of ether oxygens (including phenoxy) is 1. The zero-order valence-corrected chi connectivity index (χ0v) is 6.30. The SMILES string of the molecule is [2H]C(=O)COCCC=CCC. The van der Waals surface area contributed by atoms with Gasteiger partial charge in [-0.05, 0) is 12.8 Å². The van der Waals surface area contributed by atoms with Crippen molar-refractivity contribution in [3.8, 4) is 0 Å². The molecule has 0 fully saturated rings. The van der Waals surface area contributed by atoms with Crippen LogP contribution in [0.3, 0.4) is 0 Å². The molecule has 0 N–H and O–H groups in total. The van der Waals surface area contributed by atoms with E-state index in [9.17, 15) is 4.79 Å². The highest BCUT2D eigenvalue weighted by atomic mass is 16.5. The minimum atomic E-state index is -0.663. The second kappa shape index (κ2) is 8.37. The van der Waals surface area contributed by atoms with E-state index in [0.717, 1.165) is 12.8 Å². The molecular weight excluding hydrogens is 128 g/mol. The number of hydrogen-bond donors (Lipinski definition) is 0. The molecule has 0 saturated carbocycles. The van der Waals surface area contributed by atoms with Crippen LogP contribution in [0.5, 0.6) is 0 Å². The van der Waals surface area contributed by atoms with E-state index >= 15 is 0 Å². The average Bonchev–Trinajstić information content (AvgIpc) is 1.96. The minimum Gasteiger partial charge on any atom is -0.374 e. The van der Waals surface area contributed by atoms with Gasteiger partial charge in [0, 0.05) is 0 Å². The molecular formula is C8H14O2. The quantitative estimate of drug-likeness (QED) is 0.320. The molecule has 0 saturated heterocycles. The summed E-state index contributed by atoms with van der Waals surface area (Å²) in [6.45, 7) is 2.51. The van der Waals surface area contributed by atoms with Crippen molar-refractivity contribution < 1.29 is 10.9 Å². The van der Waals surface area contributed by atoms with Gasteiger partial charge in [-0.2, -0.15) is 0 Å². The lowest BCUT2D eigenvalue weighted by Gasteiger charge is -1.93. The van der Waals surface area contributed by atoms with Crippen LogP contribution in [0.4, 0.5) is 0 Å². The van der Waals surface area contributed by atoms with Crippen LogP contribution in [-0.4, -0.2) is 19.5 Å². The maximum atomic E-state index is 10.1. The Morgan fingerprint density at radius 3 is 3.00 bits per heavy atom. The van der Waals surface area contributed by atoms with Gasteiger partial charge in [-0.25, -0.2) is 0 Å². The highest BCUT2D eigenvalue weighted by Crippen LogP contribution is 1.86. The molecule has 0 aliphatic carbocycles. The average molecular weight is 143 g/mol. The molecule has 0 aliphatic heterocycles. The van der Waals surface area contributed by atoms with E-state index in [1.807, 2.05) is 12.2 Å². The fourth-order valence-corrected chi connectivity index (χ4v) is 0.550. The van der Waals surface area contributed by atoms with Crippen molar-refractivity contribution in [2.24, 2.45) is 0 Å². The summed E-state index contributed by atoms with van der Waals surface area (Å²) in [5.41, 5.74) is 0. The zero-order chi connectivity index (χ0) is 8.53. The predicted molar refractivity (Wildman–Crippen MR) is 40.9 cm³/mol. The Labute approximate surface area is 63.3 Å². The number of rotatable bonds is 6. The highest BCUT2D eigenvalue weighted by molar-refractivity contribution is 5.50. The predicted octanol–water partition coefficient (Wildman–Crippen LogP) is 1.56. The van der Waals surface area contributed by atoms with Crippen LogP contribution in [0.15, 0.2) is 12.2 Å².